The topological polar surface area (TPSA) is 12.0 Å². The summed E-state index contributed by atoms with van der Waals surface area (Å²) in [5.41, 5.74) is 0.494. The highest BCUT2D eigenvalue weighted by Gasteiger charge is 2.04. The van der Waals surface area contributed by atoms with E-state index in [1.165, 1.54) is 6.42 Å². The van der Waals surface area contributed by atoms with Gasteiger partial charge in [-0.2, -0.15) is 0 Å². The zero-order valence-electron chi connectivity index (χ0n) is 8.32. The maximum Gasteiger partial charge on any atom is 0.164 e. The van der Waals surface area contributed by atoms with Gasteiger partial charge in [0.2, 0.25) is 0 Å². The van der Waals surface area contributed by atoms with Crippen LogP contribution in [0.1, 0.15) is 26.2 Å². The number of nitrogens with one attached hydrogen (secondary N) is 1. The first-order chi connectivity index (χ1) is 6.75. The Kier molecular flexibility index (Phi) is 4.74. The van der Waals surface area contributed by atoms with E-state index in [9.17, 15) is 4.39 Å². The van der Waals surface area contributed by atoms with Crippen molar-refractivity contribution in [2.24, 2.45) is 0 Å². The molecule has 0 unspecified atom stereocenters. The number of hydrogen-bond donors (Lipinski definition) is 1. The average Bonchev–Trinajstić information content (AvgIpc) is 2.19. The maximum atomic E-state index is 13.3. The molecule has 0 saturated carbocycles. The van der Waals surface area contributed by atoms with Crippen LogP contribution in [-0.4, -0.2) is 6.54 Å². The zero-order chi connectivity index (χ0) is 10.4. The molecule has 1 aromatic carbocycles. The Morgan fingerprint density at radius 2 is 2.14 bits per heavy atom. The fourth-order valence-electron chi connectivity index (χ4n) is 1.24. The second kappa shape index (κ2) is 5.86. The van der Waals surface area contributed by atoms with E-state index in [2.05, 4.69) is 12.2 Å². The van der Waals surface area contributed by atoms with Crippen LogP contribution in [-0.2, 0) is 0 Å². The Labute approximate surface area is 89.3 Å². The molecule has 0 aromatic heterocycles. The minimum absolute atomic E-state index is 0.172. The summed E-state index contributed by atoms with van der Waals surface area (Å²) < 4.78 is 13.3. The number of benzene rings is 1. The lowest BCUT2D eigenvalue weighted by Crippen LogP contribution is -2.03. The Hall–Kier alpha value is -0.760. The molecular formula is C11H15ClFN. The van der Waals surface area contributed by atoms with E-state index in [0.717, 1.165) is 19.4 Å². The van der Waals surface area contributed by atoms with Gasteiger partial charge in [-0.25, -0.2) is 4.39 Å². The summed E-state index contributed by atoms with van der Waals surface area (Å²) in [6, 6.07) is 4.99. The molecule has 1 rings (SSSR count). The van der Waals surface area contributed by atoms with Gasteiger partial charge in [-0.05, 0) is 18.6 Å². The minimum atomic E-state index is -0.356. The van der Waals surface area contributed by atoms with Gasteiger partial charge in [-0.1, -0.05) is 37.4 Å². The molecule has 0 heterocycles. The van der Waals surface area contributed by atoms with E-state index in [4.69, 9.17) is 11.6 Å². The van der Waals surface area contributed by atoms with Gasteiger partial charge in [0.1, 0.15) is 0 Å². The molecule has 78 valence electrons. The molecule has 0 aliphatic heterocycles. The van der Waals surface area contributed by atoms with Crippen molar-refractivity contribution in [1.29, 1.82) is 0 Å². The van der Waals surface area contributed by atoms with Crippen LogP contribution < -0.4 is 5.32 Å². The van der Waals surface area contributed by atoms with E-state index in [-0.39, 0.29) is 10.8 Å². The molecule has 1 nitrogen and oxygen atoms in total. The summed E-state index contributed by atoms with van der Waals surface area (Å²) in [4.78, 5) is 0. The van der Waals surface area contributed by atoms with E-state index in [1.807, 2.05) is 0 Å². The lowest BCUT2D eigenvalue weighted by atomic mass is 10.2. The van der Waals surface area contributed by atoms with Crippen LogP contribution in [0.3, 0.4) is 0 Å². The monoisotopic (exact) mass is 215 g/mol. The van der Waals surface area contributed by atoms with Crippen molar-refractivity contribution in [3.8, 4) is 0 Å². The Morgan fingerprint density at radius 3 is 2.86 bits per heavy atom. The normalized spacial score (nSPS) is 10.2. The maximum absolute atomic E-state index is 13.3. The minimum Gasteiger partial charge on any atom is -0.383 e. The van der Waals surface area contributed by atoms with Gasteiger partial charge in [-0.3, -0.25) is 0 Å². The SMILES string of the molecule is CCCCCNc1cccc(Cl)c1F. The van der Waals surface area contributed by atoms with Gasteiger partial charge in [0, 0.05) is 6.54 Å². The van der Waals surface area contributed by atoms with E-state index in [0.29, 0.717) is 5.69 Å². The van der Waals surface area contributed by atoms with Crippen LogP contribution >= 0.6 is 11.6 Å². The van der Waals surface area contributed by atoms with E-state index < -0.39 is 0 Å². The summed E-state index contributed by atoms with van der Waals surface area (Å²) in [5, 5.41) is 3.20. The van der Waals surface area contributed by atoms with E-state index in [1.54, 1.807) is 18.2 Å². The quantitative estimate of drug-likeness (QED) is 0.730. The van der Waals surface area contributed by atoms with Crippen molar-refractivity contribution < 1.29 is 4.39 Å². The standard InChI is InChI=1S/C11H15ClFN/c1-2-3-4-8-14-10-7-5-6-9(12)11(10)13/h5-7,14H,2-4,8H2,1H3. The van der Waals surface area contributed by atoms with Gasteiger partial charge < -0.3 is 5.32 Å². The van der Waals surface area contributed by atoms with Crippen LogP contribution in [0.25, 0.3) is 0 Å². The van der Waals surface area contributed by atoms with Crippen LogP contribution in [0.2, 0.25) is 5.02 Å². The third kappa shape index (κ3) is 3.18. The van der Waals surface area contributed by atoms with E-state index >= 15 is 0 Å². The first-order valence-electron chi connectivity index (χ1n) is 4.93. The molecule has 0 amide bonds. The highest BCUT2D eigenvalue weighted by Crippen LogP contribution is 2.21. The molecule has 0 saturated heterocycles. The molecule has 0 spiro atoms. The highest BCUT2D eigenvalue weighted by molar-refractivity contribution is 6.31. The number of anilines is 1. The molecule has 0 aliphatic rings. The number of halogens is 2. The van der Waals surface area contributed by atoms with Crippen LogP contribution in [0, 0.1) is 5.82 Å². The molecule has 0 radical (unpaired) electrons. The Balaban J connectivity index is 2.46. The van der Waals surface area contributed by atoms with Crippen LogP contribution in [0.5, 0.6) is 0 Å². The second-order valence-electron chi connectivity index (χ2n) is 3.24. The predicted molar refractivity (Wildman–Crippen MR) is 59.4 cm³/mol. The van der Waals surface area contributed by atoms with Crippen molar-refractivity contribution in [3.05, 3.63) is 29.0 Å². The van der Waals surface area contributed by atoms with Gasteiger partial charge in [0.15, 0.2) is 5.82 Å². The fraction of sp³-hybridized carbons (Fsp3) is 0.455. The summed E-state index contributed by atoms with van der Waals surface area (Å²) in [7, 11) is 0. The molecular weight excluding hydrogens is 201 g/mol. The third-order valence-corrected chi connectivity index (χ3v) is 2.34. The lowest BCUT2D eigenvalue weighted by Gasteiger charge is -2.07. The average molecular weight is 216 g/mol. The molecule has 0 bridgehead atoms. The molecule has 0 fully saturated rings. The lowest BCUT2D eigenvalue weighted by molar-refractivity contribution is 0.629. The number of hydrogen-bond acceptors (Lipinski definition) is 1. The smallest absolute Gasteiger partial charge is 0.164 e. The molecule has 0 atom stereocenters. The van der Waals surface area contributed by atoms with Gasteiger partial charge >= 0.3 is 0 Å². The van der Waals surface area contributed by atoms with Gasteiger partial charge in [0.25, 0.3) is 0 Å². The summed E-state index contributed by atoms with van der Waals surface area (Å²) >= 11 is 5.64. The van der Waals surface area contributed by atoms with Gasteiger partial charge in [-0.15, -0.1) is 0 Å². The van der Waals surface area contributed by atoms with Crippen molar-refractivity contribution in [1.82, 2.24) is 0 Å². The van der Waals surface area contributed by atoms with Crippen LogP contribution in [0.15, 0.2) is 18.2 Å². The summed E-state index contributed by atoms with van der Waals surface area (Å²) in [5.74, 6) is -0.356. The number of unbranched alkanes of at least 4 members (excludes halogenated alkanes) is 2. The molecule has 1 aromatic rings. The predicted octanol–water partition coefficient (Wildman–Crippen LogP) is 4.08. The Bertz CT molecular complexity index is 289. The van der Waals surface area contributed by atoms with Crippen molar-refractivity contribution in [2.45, 2.75) is 26.2 Å². The molecule has 14 heavy (non-hydrogen) atoms. The highest BCUT2D eigenvalue weighted by atomic mass is 35.5. The largest absolute Gasteiger partial charge is 0.383 e. The van der Waals surface area contributed by atoms with Crippen LogP contribution in [0.4, 0.5) is 10.1 Å². The first kappa shape index (κ1) is 11.3. The zero-order valence-corrected chi connectivity index (χ0v) is 9.07. The third-order valence-electron chi connectivity index (χ3n) is 2.05. The number of rotatable bonds is 5. The van der Waals surface area contributed by atoms with Gasteiger partial charge in [0.05, 0.1) is 10.7 Å². The summed E-state index contributed by atoms with van der Waals surface area (Å²) in [6.07, 6.45) is 3.39. The molecule has 0 aliphatic carbocycles. The van der Waals surface area contributed by atoms with Crippen molar-refractivity contribution in [2.75, 3.05) is 11.9 Å². The molecule has 3 heteroatoms. The molecule has 1 N–H and O–H groups in total. The van der Waals surface area contributed by atoms with Crippen molar-refractivity contribution in [3.63, 3.8) is 0 Å². The first-order valence-corrected chi connectivity index (χ1v) is 5.31. The summed E-state index contributed by atoms with van der Waals surface area (Å²) in [6.45, 7) is 2.94. The Morgan fingerprint density at radius 1 is 1.36 bits per heavy atom. The van der Waals surface area contributed by atoms with Crippen molar-refractivity contribution >= 4 is 17.3 Å². The second-order valence-corrected chi connectivity index (χ2v) is 3.64. The fourth-order valence-corrected chi connectivity index (χ4v) is 1.41.